The number of nitro groups is 1. The number of benzene rings is 1. The van der Waals surface area contributed by atoms with Crippen molar-refractivity contribution in [2.45, 2.75) is 6.42 Å². The van der Waals surface area contributed by atoms with Crippen molar-refractivity contribution >= 4 is 17.3 Å². The molecule has 4 N–H and O–H groups in total. The van der Waals surface area contributed by atoms with E-state index in [4.69, 9.17) is 5.84 Å². The fourth-order valence-corrected chi connectivity index (χ4v) is 1.83. The van der Waals surface area contributed by atoms with Crippen LogP contribution in [0.5, 0.6) is 0 Å². The lowest BCUT2D eigenvalue weighted by Gasteiger charge is -2.08. The summed E-state index contributed by atoms with van der Waals surface area (Å²) in [5.41, 5.74) is 2.68. The molecule has 8 heteroatoms. The molecule has 1 heterocycles. The van der Waals surface area contributed by atoms with Gasteiger partial charge in [-0.05, 0) is 24.1 Å². The van der Waals surface area contributed by atoms with E-state index in [0.29, 0.717) is 24.3 Å². The van der Waals surface area contributed by atoms with Crippen molar-refractivity contribution in [3.05, 3.63) is 57.9 Å². The van der Waals surface area contributed by atoms with Gasteiger partial charge in [0.25, 0.3) is 0 Å². The standard InChI is InChI=1S/C13H14FN5O2/c14-10-4-2-1-3-9(10)7-8-16-13-11(19(20)21)5-6-12(17-13)18-15/h1-6H,7-8,15H2,(H2,16,17,18). The summed E-state index contributed by atoms with van der Waals surface area (Å²) < 4.78 is 13.5. The second-order valence-electron chi connectivity index (χ2n) is 4.23. The number of halogens is 1. The highest BCUT2D eigenvalue weighted by molar-refractivity contribution is 5.60. The molecule has 0 unspecified atom stereocenters. The molecule has 2 rings (SSSR count). The smallest absolute Gasteiger partial charge is 0.311 e. The third-order valence-corrected chi connectivity index (χ3v) is 2.86. The Bertz CT molecular complexity index is 650. The third kappa shape index (κ3) is 3.63. The summed E-state index contributed by atoms with van der Waals surface area (Å²) >= 11 is 0. The zero-order valence-electron chi connectivity index (χ0n) is 11.0. The second-order valence-corrected chi connectivity index (χ2v) is 4.23. The number of nitrogens with two attached hydrogens (primary N) is 1. The Balaban J connectivity index is 2.08. The van der Waals surface area contributed by atoms with E-state index in [2.05, 4.69) is 15.7 Å². The van der Waals surface area contributed by atoms with Gasteiger partial charge in [-0.25, -0.2) is 15.2 Å². The average molecular weight is 291 g/mol. The second kappa shape index (κ2) is 6.62. The van der Waals surface area contributed by atoms with Gasteiger partial charge >= 0.3 is 5.69 Å². The number of pyridine rings is 1. The van der Waals surface area contributed by atoms with Crippen molar-refractivity contribution < 1.29 is 9.31 Å². The molecule has 0 radical (unpaired) electrons. The van der Waals surface area contributed by atoms with Gasteiger partial charge in [0.1, 0.15) is 11.6 Å². The van der Waals surface area contributed by atoms with Gasteiger partial charge in [0.05, 0.1) is 4.92 Å². The van der Waals surface area contributed by atoms with Crippen molar-refractivity contribution in [1.82, 2.24) is 4.98 Å². The number of hydrazine groups is 1. The fraction of sp³-hybridized carbons (Fsp3) is 0.154. The van der Waals surface area contributed by atoms with Gasteiger partial charge in [-0.15, -0.1) is 0 Å². The molecular formula is C13H14FN5O2. The number of hydrogen-bond acceptors (Lipinski definition) is 6. The Morgan fingerprint density at radius 2 is 2.05 bits per heavy atom. The first kappa shape index (κ1) is 14.7. The van der Waals surface area contributed by atoms with Gasteiger partial charge in [0.15, 0.2) is 0 Å². The number of hydrogen-bond donors (Lipinski definition) is 3. The Morgan fingerprint density at radius 1 is 1.29 bits per heavy atom. The highest BCUT2D eigenvalue weighted by Gasteiger charge is 2.15. The zero-order chi connectivity index (χ0) is 15.2. The first-order valence-electron chi connectivity index (χ1n) is 6.21. The molecule has 110 valence electrons. The number of rotatable bonds is 6. The molecule has 0 atom stereocenters. The molecule has 1 aromatic heterocycles. The Hall–Kier alpha value is -2.74. The Morgan fingerprint density at radius 3 is 2.71 bits per heavy atom. The predicted octanol–water partition coefficient (Wildman–Crippen LogP) is 2.07. The number of anilines is 2. The number of aromatic nitrogens is 1. The van der Waals surface area contributed by atoms with Gasteiger partial charge in [0, 0.05) is 12.6 Å². The van der Waals surface area contributed by atoms with Gasteiger partial charge < -0.3 is 10.7 Å². The largest absolute Gasteiger partial charge is 0.364 e. The number of nitrogens with zero attached hydrogens (tertiary/aromatic N) is 2. The van der Waals surface area contributed by atoms with Crippen molar-refractivity contribution in [1.29, 1.82) is 0 Å². The van der Waals surface area contributed by atoms with Crippen LogP contribution in [-0.4, -0.2) is 16.5 Å². The van der Waals surface area contributed by atoms with Crippen molar-refractivity contribution in [2.75, 3.05) is 17.3 Å². The molecule has 0 saturated heterocycles. The van der Waals surface area contributed by atoms with Crippen LogP contribution in [0.4, 0.5) is 21.7 Å². The van der Waals surface area contributed by atoms with Crippen LogP contribution >= 0.6 is 0 Å². The minimum absolute atomic E-state index is 0.0896. The highest BCUT2D eigenvalue weighted by atomic mass is 19.1. The minimum atomic E-state index is -0.543. The van der Waals surface area contributed by atoms with Gasteiger partial charge in [-0.2, -0.15) is 0 Å². The Kier molecular flexibility index (Phi) is 4.62. The maximum Gasteiger partial charge on any atom is 0.311 e. The van der Waals surface area contributed by atoms with E-state index in [1.165, 1.54) is 18.2 Å². The van der Waals surface area contributed by atoms with E-state index < -0.39 is 4.92 Å². The maximum atomic E-state index is 13.5. The van der Waals surface area contributed by atoms with E-state index >= 15 is 0 Å². The van der Waals surface area contributed by atoms with Crippen molar-refractivity contribution in [2.24, 2.45) is 5.84 Å². The van der Waals surface area contributed by atoms with Crippen LogP contribution in [-0.2, 0) is 6.42 Å². The molecule has 0 aliphatic heterocycles. The van der Waals surface area contributed by atoms with Gasteiger partial charge in [-0.3, -0.25) is 10.1 Å². The Labute approximate surface area is 120 Å². The number of nitrogens with one attached hydrogen (secondary N) is 2. The average Bonchev–Trinajstić information content (AvgIpc) is 2.48. The summed E-state index contributed by atoms with van der Waals surface area (Å²) in [5.74, 6) is 5.31. The zero-order valence-corrected chi connectivity index (χ0v) is 11.0. The van der Waals surface area contributed by atoms with Crippen LogP contribution in [0.1, 0.15) is 5.56 Å². The van der Waals surface area contributed by atoms with E-state index in [1.54, 1.807) is 18.2 Å². The maximum absolute atomic E-state index is 13.5. The summed E-state index contributed by atoms with van der Waals surface area (Å²) in [4.78, 5) is 14.4. The topological polar surface area (TPSA) is 106 Å². The lowest BCUT2D eigenvalue weighted by Crippen LogP contribution is -2.13. The van der Waals surface area contributed by atoms with Crippen LogP contribution < -0.4 is 16.6 Å². The molecule has 0 aliphatic rings. The summed E-state index contributed by atoms with van der Waals surface area (Å²) in [7, 11) is 0. The molecule has 2 aromatic rings. The molecule has 0 amide bonds. The SMILES string of the molecule is NNc1ccc([N+](=O)[O-])c(NCCc2ccccc2F)n1. The minimum Gasteiger partial charge on any atom is -0.364 e. The lowest BCUT2D eigenvalue weighted by atomic mass is 10.1. The summed E-state index contributed by atoms with van der Waals surface area (Å²) in [6.45, 7) is 0.308. The van der Waals surface area contributed by atoms with E-state index in [9.17, 15) is 14.5 Å². The molecule has 0 fully saturated rings. The van der Waals surface area contributed by atoms with E-state index in [1.807, 2.05) is 0 Å². The first-order chi connectivity index (χ1) is 10.1. The quantitative estimate of drug-likeness (QED) is 0.427. The molecule has 0 bridgehead atoms. The fourth-order valence-electron chi connectivity index (χ4n) is 1.83. The van der Waals surface area contributed by atoms with E-state index in [-0.39, 0.29) is 17.3 Å². The normalized spacial score (nSPS) is 10.2. The van der Waals surface area contributed by atoms with Gasteiger partial charge in [0.2, 0.25) is 5.82 Å². The molecule has 0 spiro atoms. The molecular weight excluding hydrogens is 277 g/mol. The monoisotopic (exact) mass is 291 g/mol. The van der Waals surface area contributed by atoms with Crippen LogP contribution in [0.25, 0.3) is 0 Å². The number of nitrogen functional groups attached to an aromatic ring is 1. The predicted molar refractivity (Wildman–Crippen MR) is 77.3 cm³/mol. The molecule has 7 nitrogen and oxygen atoms in total. The summed E-state index contributed by atoms with van der Waals surface area (Å²) in [6, 6.07) is 9.08. The lowest BCUT2D eigenvalue weighted by molar-refractivity contribution is -0.384. The molecule has 1 aromatic carbocycles. The summed E-state index contributed by atoms with van der Waals surface area (Å²) in [6.07, 6.45) is 0.381. The molecule has 0 saturated carbocycles. The molecule has 0 aliphatic carbocycles. The van der Waals surface area contributed by atoms with Crippen molar-refractivity contribution in [3.8, 4) is 0 Å². The highest BCUT2D eigenvalue weighted by Crippen LogP contribution is 2.23. The summed E-state index contributed by atoms with van der Waals surface area (Å²) in [5, 5.41) is 13.8. The third-order valence-electron chi connectivity index (χ3n) is 2.86. The molecule has 21 heavy (non-hydrogen) atoms. The van der Waals surface area contributed by atoms with Crippen LogP contribution in [0.2, 0.25) is 0 Å². The van der Waals surface area contributed by atoms with E-state index in [0.717, 1.165) is 0 Å². The van der Waals surface area contributed by atoms with Gasteiger partial charge in [-0.1, -0.05) is 18.2 Å². The van der Waals surface area contributed by atoms with Crippen LogP contribution in [0.15, 0.2) is 36.4 Å². The van der Waals surface area contributed by atoms with Crippen molar-refractivity contribution in [3.63, 3.8) is 0 Å². The first-order valence-corrected chi connectivity index (χ1v) is 6.21. The van der Waals surface area contributed by atoms with Crippen LogP contribution in [0.3, 0.4) is 0 Å². The van der Waals surface area contributed by atoms with Crippen LogP contribution in [0, 0.1) is 15.9 Å².